The number of nitrogens with zero attached hydrogens (tertiary/aromatic N) is 1. The quantitative estimate of drug-likeness (QED) is 0.890. The average Bonchev–Trinajstić information content (AvgIpc) is 2.35. The second kappa shape index (κ2) is 5.23. The zero-order chi connectivity index (χ0) is 13.1. The van der Waals surface area contributed by atoms with E-state index in [1.54, 1.807) is 18.3 Å². The van der Waals surface area contributed by atoms with E-state index >= 15 is 0 Å². The molecule has 0 saturated carbocycles. The van der Waals surface area contributed by atoms with E-state index in [1.807, 2.05) is 19.1 Å². The van der Waals surface area contributed by atoms with Crippen LogP contribution in [-0.2, 0) is 4.79 Å². The molecule has 18 heavy (non-hydrogen) atoms. The summed E-state index contributed by atoms with van der Waals surface area (Å²) in [5.74, 6) is -0.887. The van der Waals surface area contributed by atoms with Crippen LogP contribution < -0.4 is 5.32 Å². The number of hydrogen-bond acceptors (Lipinski definition) is 3. The van der Waals surface area contributed by atoms with Crippen molar-refractivity contribution in [2.24, 2.45) is 0 Å². The van der Waals surface area contributed by atoms with Crippen molar-refractivity contribution >= 4 is 34.2 Å². The van der Waals surface area contributed by atoms with Gasteiger partial charge in [-0.3, -0.25) is 4.98 Å². The number of carboxylic acid groups (broad SMARTS) is 1. The second-order valence-electron chi connectivity index (χ2n) is 3.97. The number of halogens is 1. The molecule has 0 saturated heterocycles. The first kappa shape index (κ1) is 12.6. The summed E-state index contributed by atoms with van der Waals surface area (Å²) in [6.45, 7) is 1.81. The molecule has 1 unspecified atom stereocenters. The fraction of sp³-hybridized carbons (Fsp3) is 0.231. The molecule has 2 N–H and O–H groups in total. The van der Waals surface area contributed by atoms with Gasteiger partial charge in [-0.25, -0.2) is 4.79 Å². The number of carbonyl (C=O) groups is 1. The lowest BCUT2D eigenvalue weighted by Crippen LogP contribution is -2.28. The van der Waals surface area contributed by atoms with E-state index in [1.165, 1.54) is 0 Å². The first-order chi connectivity index (χ1) is 8.61. The summed E-state index contributed by atoms with van der Waals surface area (Å²) >= 11 is 6.01. The Kier molecular flexibility index (Phi) is 3.67. The maximum atomic E-state index is 11.0. The normalized spacial score (nSPS) is 12.3. The van der Waals surface area contributed by atoms with E-state index in [9.17, 15) is 4.79 Å². The van der Waals surface area contributed by atoms with E-state index in [0.29, 0.717) is 17.1 Å². The molecule has 1 aromatic carbocycles. The molecule has 0 aliphatic heterocycles. The zero-order valence-electron chi connectivity index (χ0n) is 9.85. The van der Waals surface area contributed by atoms with Gasteiger partial charge in [-0.05, 0) is 24.6 Å². The number of rotatable bonds is 4. The number of hydrogen-bond donors (Lipinski definition) is 2. The highest BCUT2D eigenvalue weighted by molar-refractivity contribution is 6.31. The molecule has 5 heteroatoms. The molecule has 2 rings (SSSR count). The van der Waals surface area contributed by atoms with Crippen LogP contribution in [0.1, 0.15) is 13.3 Å². The first-order valence-corrected chi connectivity index (χ1v) is 6.03. The number of carboxylic acids is 1. The highest BCUT2D eigenvalue weighted by Gasteiger charge is 2.16. The number of nitrogens with one attached hydrogen (secondary N) is 1. The van der Waals surface area contributed by atoms with Crippen LogP contribution in [0, 0.1) is 0 Å². The van der Waals surface area contributed by atoms with Gasteiger partial charge in [-0.2, -0.15) is 0 Å². The van der Waals surface area contributed by atoms with Gasteiger partial charge in [-0.1, -0.05) is 24.6 Å². The van der Waals surface area contributed by atoms with Gasteiger partial charge in [0.05, 0.1) is 11.2 Å². The maximum absolute atomic E-state index is 11.0. The summed E-state index contributed by atoms with van der Waals surface area (Å²) in [7, 11) is 0. The van der Waals surface area contributed by atoms with Crippen LogP contribution in [-0.4, -0.2) is 22.1 Å². The van der Waals surface area contributed by atoms with Gasteiger partial charge in [0.2, 0.25) is 0 Å². The largest absolute Gasteiger partial charge is 0.480 e. The number of aromatic nitrogens is 1. The third kappa shape index (κ3) is 2.54. The van der Waals surface area contributed by atoms with Crippen molar-refractivity contribution in [3.63, 3.8) is 0 Å². The topological polar surface area (TPSA) is 62.2 Å². The second-order valence-corrected chi connectivity index (χ2v) is 4.41. The molecule has 0 aliphatic carbocycles. The molecule has 4 nitrogen and oxygen atoms in total. The van der Waals surface area contributed by atoms with Gasteiger partial charge in [-0.15, -0.1) is 0 Å². The summed E-state index contributed by atoms with van der Waals surface area (Å²) in [4.78, 5) is 15.3. The van der Waals surface area contributed by atoms with Crippen molar-refractivity contribution in [3.05, 3.63) is 35.5 Å². The smallest absolute Gasteiger partial charge is 0.326 e. The molecular formula is C13H13ClN2O2. The Hall–Kier alpha value is -1.81. The molecule has 94 valence electrons. The van der Waals surface area contributed by atoms with Crippen LogP contribution in [0.3, 0.4) is 0 Å². The molecule has 0 aliphatic rings. The van der Waals surface area contributed by atoms with Crippen molar-refractivity contribution in [2.45, 2.75) is 19.4 Å². The highest BCUT2D eigenvalue weighted by Crippen LogP contribution is 2.27. The minimum Gasteiger partial charge on any atom is -0.480 e. The number of benzene rings is 1. The molecule has 0 bridgehead atoms. The fourth-order valence-corrected chi connectivity index (χ4v) is 2.02. The minimum absolute atomic E-state index is 0.482. The number of pyridine rings is 1. The molecule has 1 heterocycles. The molecule has 0 radical (unpaired) electrons. The van der Waals surface area contributed by atoms with E-state index in [4.69, 9.17) is 16.7 Å². The van der Waals surface area contributed by atoms with Crippen LogP contribution >= 0.6 is 11.6 Å². The van der Waals surface area contributed by atoms with Gasteiger partial charge in [0.25, 0.3) is 0 Å². The molecule has 0 fully saturated rings. The van der Waals surface area contributed by atoms with E-state index in [2.05, 4.69) is 10.3 Å². The lowest BCUT2D eigenvalue weighted by atomic mass is 10.1. The van der Waals surface area contributed by atoms with E-state index in [0.717, 1.165) is 10.9 Å². The third-order valence-corrected chi connectivity index (χ3v) is 2.92. The number of anilines is 1. The van der Waals surface area contributed by atoms with Crippen LogP contribution in [0.4, 0.5) is 5.69 Å². The summed E-state index contributed by atoms with van der Waals surface area (Å²) in [5.41, 5.74) is 1.37. The SMILES string of the molecule is CCC(Nc1cc(Cl)cc2cccnc12)C(=O)O. The van der Waals surface area contributed by atoms with Crippen molar-refractivity contribution < 1.29 is 9.90 Å². The van der Waals surface area contributed by atoms with Crippen LogP contribution in [0.15, 0.2) is 30.5 Å². The summed E-state index contributed by atoms with van der Waals surface area (Å²) in [5, 5.41) is 13.5. The lowest BCUT2D eigenvalue weighted by molar-refractivity contribution is -0.137. The minimum atomic E-state index is -0.887. The summed E-state index contributed by atoms with van der Waals surface area (Å²) in [6, 6.07) is 6.56. The Morgan fingerprint density at radius 3 is 3.00 bits per heavy atom. The predicted molar refractivity (Wildman–Crippen MR) is 72.1 cm³/mol. The van der Waals surface area contributed by atoms with Crippen LogP contribution in [0.25, 0.3) is 10.9 Å². The summed E-state index contributed by atoms with van der Waals surface area (Å²) < 4.78 is 0. The monoisotopic (exact) mass is 264 g/mol. The Bertz CT molecular complexity index is 586. The van der Waals surface area contributed by atoms with Crippen LogP contribution in [0.2, 0.25) is 5.02 Å². The summed E-state index contributed by atoms with van der Waals surface area (Å²) in [6.07, 6.45) is 2.15. The highest BCUT2D eigenvalue weighted by atomic mass is 35.5. The van der Waals surface area contributed by atoms with Gasteiger partial charge >= 0.3 is 5.97 Å². The molecule has 2 aromatic rings. The van der Waals surface area contributed by atoms with E-state index in [-0.39, 0.29) is 0 Å². The average molecular weight is 265 g/mol. The Balaban J connectivity index is 2.46. The van der Waals surface area contributed by atoms with E-state index < -0.39 is 12.0 Å². The lowest BCUT2D eigenvalue weighted by Gasteiger charge is -2.15. The molecular weight excluding hydrogens is 252 g/mol. The van der Waals surface area contributed by atoms with Crippen molar-refractivity contribution in [1.82, 2.24) is 4.98 Å². The number of aliphatic carboxylic acids is 1. The van der Waals surface area contributed by atoms with Gasteiger partial charge in [0.1, 0.15) is 6.04 Å². The zero-order valence-corrected chi connectivity index (χ0v) is 10.6. The molecule has 0 amide bonds. The van der Waals surface area contributed by atoms with Crippen LogP contribution in [0.5, 0.6) is 0 Å². The molecule has 0 spiro atoms. The van der Waals surface area contributed by atoms with Gasteiger partial charge < -0.3 is 10.4 Å². The number of fused-ring (bicyclic) bond motifs is 1. The standard InChI is InChI=1S/C13H13ClN2O2/c1-2-10(13(17)18)16-11-7-9(14)6-8-4-3-5-15-12(8)11/h3-7,10,16H,2H2,1H3,(H,17,18). The molecule has 1 atom stereocenters. The fourth-order valence-electron chi connectivity index (χ4n) is 1.79. The Morgan fingerprint density at radius 1 is 1.56 bits per heavy atom. The molecule has 1 aromatic heterocycles. The van der Waals surface area contributed by atoms with Crippen molar-refractivity contribution in [2.75, 3.05) is 5.32 Å². The van der Waals surface area contributed by atoms with Crippen molar-refractivity contribution in [3.8, 4) is 0 Å². The maximum Gasteiger partial charge on any atom is 0.326 e. The first-order valence-electron chi connectivity index (χ1n) is 5.65. The predicted octanol–water partition coefficient (Wildman–Crippen LogP) is 3.16. The van der Waals surface area contributed by atoms with Gasteiger partial charge in [0.15, 0.2) is 0 Å². The van der Waals surface area contributed by atoms with Crippen molar-refractivity contribution in [1.29, 1.82) is 0 Å². The Morgan fingerprint density at radius 2 is 2.33 bits per heavy atom. The third-order valence-electron chi connectivity index (χ3n) is 2.71. The Labute approximate surface area is 110 Å². The van der Waals surface area contributed by atoms with Gasteiger partial charge in [0, 0.05) is 16.6 Å².